The lowest BCUT2D eigenvalue weighted by molar-refractivity contribution is -0.343. The lowest BCUT2D eigenvalue weighted by Gasteiger charge is -2.26. The van der Waals surface area contributed by atoms with Crippen molar-refractivity contribution in [3.05, 3.63) is 0 Å². The average Bonchev–Trinajstić information content (AvgIpc) is 2.13. The second kappa shape index (κ2) is 4.63. The first-order chi connectivity index (χ1) is 8.05. The smallest absolute Gasteiger partial charge is 0.292 e. The van der Waals surface area contributed by atoms with Crippen LogP contribution in [0.5, 0.6) is 0 Å². The quantitative estimate of drug-likeness (QED) is 0.591. The van der Waals surface area contributed by atoms with Crippen LogP contribution in [0.2, 0.25) is 0 Å². The Bertz CT molecular complexity index is 376. The minimum atomic E-state index is -6.89. The van der Waals surface area contributed by atoms with Gasteiger partial charge in [0.15, 0.2) is 0 Å². The number of rotatable bonds is 4. The molecular formula is C7H2F10O2. The maximum Gasteiger partial charge on any atom is 0.460 e. The maximum absolute atomic E-state index is 12.5. The molecule has 0 aliphatic carbocycles. The summed E-state index contributed by atoms with van der Waals surface area (Å²) in [7, 11) is 0. The van der Waals surface area contributed by atoms with Crippen LogP contribution in [0, 0.1) is 0 Å². The van der Waals surface area contributed by atoms with Crippen molar-refractivity contribution in [3.63, 3.8) is 0 Å². The van der Waals surface area contributed by atoms with Crippen molar-refractivity contribution in [1.82, 2.24) is 0 Å². The summed E-state index contributed by atoms with van der Waals surface area (Å²) in [6.45, 7) is 0. The standard InChI is InChI=1S/C7H2F10O2/c8-4(9,6(13,14)7(15,16)17)2(18)1-3(19)5(10,11)12/h1H2. The molecule has 0 rings (SSSR count). The molecule has 0 amide bonds. The van der Waals surface area contributed by atoms with Crippen LogP contribution in [-0.4, -0.2) is 35.8 Å². The van der Waals surface area contributed by atoms with Crippen molar-refractivity contribution in [2.24, 2.45) is 0 Å². The molecule has 0 radical (unpaired) electrons. The van der Waals surface area contributed by atoms with Gasteiger partial charge in [0.25, 0.3) is 0 Å². The molecule has 112 valence electrons. The first-order valence-electron chi connectivity index (χ1n) is 4.01. The molecule has 0 fully saturated rings. The molecule has 0 heterocycles. The van der Waals surface area contributed by atoms with E-state index in [1.54, 1.807) is 0 Å². The Morgan fingerprint density at radius 2 is 1.05 bits per heavy atom. The Labute approximate surface area is 96.9 Å². The van der Waals surface area contributed by atoms with E-state index in [9.17, 15) is 53.5 Å². The van der Waals surface area contributed by atoms with Gasteiger partial charge in [0.2, 0.25) is 11.6 Å². The molecule has 0 spiro atoms. The van der Waals surface area contributed by atoms with Crippen LogP contribution < -0.4 is 0 Å². The van der Waals surface area contributed by atoms with Gasteiger partial charge < -0.3 is 0 Å². The van der Waals surface area contributed by atoms with Crippen LogP contribution in [0.3, 0.4) is 0 Å². The first kappa shape index (κ1) is 17.6. The van der Waals surface area contributed by atoms with Crippen LogP contribution >= 0.6 is 0 Å². The Morgan fingerprint density at radius 3 is 1.32 bits per heavy atom. The second-order valence-electron chi connectivity index (χ2n) is 3.17. The zero-order valence-corrected chi connectivity index (χ0v) is 8.30. The van der Waals surface area contributed by atoms with Crippen LogP contribution in [0.15, 0.2) is 0 Å². The van der Waals surface area contributed by atoms with Crippen LogP contribution in [-0.2, 0) is 9.59 Å². The molecule has 0 saturated heterocycles. The highest BCUT2D eigenvalue weighted by Crippen LogP contribution is 2.47. The summed E-state index contributed by atoms with van der Waals surface area (Å²) in [5, 5.41) is 0. The summed E-state index contributed by atoms with van der Waals surface area (Å²) in [5.74, 6) is -20.0. The monoisotopic (exact) mass is 308 g/mol. The Kier molecular flexibility index (Phi) is 4.30. The number of ketones is 2. The molecule has 0 saturated carbocycles. The van der Waals surface area contributed by atoms with Gasteiger partial charge in [0.05, 0.1) is 6.42 Å². The van der Waals surface area contributed by atoms with E-state index in [2.05, 4.69) is 0 Å². The predicted molar refractivity (Wildman–Crippen MR) is 36.6 cm³/mol. The second-order valence-corrected chi connectivity index (χ2v) is 3.17. The van der Waals surface area contributed by atoms with Gasteiger partial charge in [-0.25, -0.2) is 0 Å². The van der Waals surface area contributed by atoms with Crippen LogP contribution in [0.4, 0.5) is 43.9 Å². The van der Waals surface area contributed by atoms with E-state index in [1.807, 2.05) is 0 Å². The summed E-state index contributed by atoms with van der Waals surface area (Å²) in [6, 6.07) is 0. The number of carbonyl (C=O) groups excluding carboxylic acids is 2. The normalized spacial score (nSPS) is 14.4. The maximum atomic E-state index is 12.5. The Hall–Kier alpha value is -1.36. The molecule has 0 N–H and O–H groups in total. The van der Waals surface area contributed by atoms with Gasteiger partial charge in [-0.15, -0.1) is 0 Å². The van der Waals surface area contributed by atoms with E-state index in [-0.39, 0.29) is 0 Å². The molecule has 0 atom stereocenters. The molecule has 0 aromatic rings. The van der Waals surface area contributed by atoms with Gasteiger partial charge >= 0.3 is 24.2 Å². The third kappa shape index (κ3) is 3.35. The number of alkyl halides is 10. The lowest BCUT2D eigenvalue weighted by atomic mass is 10.0. The molecule has 0 bridgehead atoms. The molecule has 0 aromatic heterocycles. The largest absolute Gasteiger partial charge is 0.460 e. The molecule has 0 aliphatic rings. The molecule has 2 nitrogen and oxygen atoms in total. The van der Waals surface area contributed by atoms with E-state index in [0.29, 0.717) is 0 Å². The van der Waals surface area contributed by atoms with E-state index in [1.165, 1.54) is 0 Å². The summed E-state index contributed by atoms with van der Waals surface area (Å²) in [6.07, 6.45) is -15.5. The highest BCUT2D eigenvalue weighted by atomic mass is 19.4. The third-order valence-electron chi connectivity index (χ3n) is 1.74. The molecule has 0 aromatic carbocycles. The topological polar surface area (TPSA) is 34.1 Å². The van der Waals surface area contributed by atoms with Gasteiger partial charge in [0.1, 0.15) is 0 Å². The van der Waals surface area contributed by atoms with Gasteiger partial charge in [-0.1, -0.05) is 0 Å². The van der Waals surface area contributed by atoms with Gasteiger partial charge in [-0.05, 0) is 0 Å². The summed E-state index contributed by atoms with van der Waals surface area (Å²) >= 11 is 0. The van der Waals surface area contributed by atoms with Crippen molar-refractivity contribution in [1.29, 1.82) is 0 Å². The minimum Gasteiger partial charge on any atom is -0.292 e. The number of halogens is 10. The Balaban J connectivity index is 5.25. The summed E-state index contributed by atoms with van der Waals surface area (Å²) < 4.78 is 119. The zero-order valence-electron chi connectivity index (χ0n) is 8.30. The van der Waals surface area contributed by atoms with E-state index < -0.39 is 42.2 Å². The number of carbonyl (C=O) groups is 2. The SMILES string of the molecule is O=C(CC(=O)C(F)(F)C(F)(F)C(F)(F)F)C(F)(F)F. The van der Waals surface area contributed by atoms with Gasteiger partial charge in [-0.3, -0.25) is 9.59 Å². The molecule has 0 unspecified atom stereocenters. The van der Waals surface area contributed by atoms with Crippen molar-refractivity contribution in [2.45, 2.75) is 30.6 Å². The van der Waals surface area contributed by atoms with Crippen molar-refractivity contribution in [2.75, 3.05) is 0 Å². The predicted octanol–water partition coefficient (Wildman–Crippen LogP) is 2.91. The molecular weight excluding hydrogens is 306 g/mol. The lowest BCUT2D eigenvalue weighted by Crippen LogP contribution is -2.56. The minimum absolute atomic E-state index is 2.82. The number of hydrogen-bond donors (Lipinski definition) is 0. The van der Waals surface area contributed by atoms with Crippen LogP contribution in [0.25, 0.3) is 0 Å². The van der Waals surface area contributed by atoms with Crippen molar-refractivity contribution >= 4 is 11.6 Å². The van der Waals surface area contributed by atoms with Gasteiger partial charge in [-0.2, -0.15) is 43.9 Å². The fourth-order valence-corrected chi connectivity index (χ4v) is 0.710. The number of Topliss-reactive ketones (excluding diaryl/α,β-unsaturated/α-hetero) is 2. The zero-order chi connectivity index (χ0) is 15.9. The summed E-state index contributed by atoms with van der Waals surface area (Å²) in [4.78, 5) is 20.5. The van der Waals surface area contributed by atoms with Crippen LogP contribution in [0.1, 0.15) is 6.42 Å². The van der Waals surface area contributed by atoms with E-state index in [0.717, 1.165) is 0 Å². The number of hydrogen-bond acceptors (Lipinski definition) is 2. The third-order valence-corrected chi connectivity index (χ3v) is 1.74. The fraction of sp³-hybridized carbons (Fsp3) is 0.714. The summed E-state index contributed by atoms with van der Waals surface area (Å²) in [5.41, 5.74) is 0. The van der Waals surface area contributed by atoms with E-state index in [4.69, 9.17) is 0 Å². The van der Waals surface area contributed by atoms with Gasteiger partial charge in [0, 0.05) is 0 Å². The fourth-order valence-electron chi connectivity index (χ4n) is 0.710. The van der Waals surface area contributed by atoms with E-state index >= 15 is 0 Å². The molecule has 12 heteroatoms. The highest BCUT2D eigenvalue weighted by Gasteiger charge is 2.76. The average molecular weight is 308 g/mol. The highest BCUT2D eigenvalue weighted by molar-refractivity contribution is 6.04. The van der Waals surface area contributed by atoms with Crippen molar-refractivity contribution < 1.29 is 53.5 Å². The van der Waals surface area contributed by atoms with Crippen molar-refractivity contribution in [3.8, 4) is 0 Å². The Morgan fingerprint density at radius 1 is 0.684 bits per heavy atom. The first-order valence-corrected chi connectivity index (χ1v) is 4.01. The molecule has 0 aliphatic heterocycles. The molecule has 19 heavy (non-hydrogen) atoms.